The van der Waals surface area contributed by atoms with Crippen LogP contribution in [0.2, 0.25) is 0 Å². The number of fused-ring (bicyclic) bond motifs is 1. The standard InChI is InChI=1S/C25H24N2O7/c1-14-3-10-19-20(11-14)24(30)26(23(19)29)18-8-6-16(7-9-18)25(31)34-13-22(28)17-5-4-15(2)21(12-17)27(32)33/h4-9,12,14,19-20H,3,10-11,13H2,1-2H3/t14-,19+,20-/m0/s1. The fourth-order valence-corrected chi connectivity index (χ4v) is 4.67. The number of ketones is 1. The topological polar surface area (TPSA) is 124 Å². The molecule has 176 valence electrons. The highest BCUT2D eigenvalue weighted by Gasteiger charge is 2.49. The molecule has 0 N–H and O–H groups in total. The molecule has 2 fully saturated rings. The highest BCUT2D eigenvalue weighted by molar-refractivity contribution is 6.22. The molecule has 0 unspecified atom stereocenters. The number of Topliss-reactive ketones (excluding diaryl/α,β-unsaturated/α-hetero) is 1. The first kappa shape index (κ1) is 23.3. The number of anilines is 1. The minimum Gasteiger partial charge on any atom is -0.454 e. The molecular formula is C25H24N2O7. The Morgan fingerprint density at radius 1 is 1.03 bits per heavy atom. The summed E-state index contributed by atoms with van der Waals surface area (Å²) in [5.41, 5.74) is 0.853. The van der Waals surface area contributed by atoms with Gasteiger partial charge in [0.15, 0.2) is 6.61 Å². The molecule has 9 heteroatoms. The molecule has 2 aromatic carbocycles. The van der Waals surface area contributed by atoms with Gasteiger partial charge >= 0.3 is 5.97 Å². The van der Waals surface area contributed by atoms with Crippen molar-refractivity contribution in [2.45, 2.75) is 33.1 Å². The van der Waals surface area contributed by atoms with Gasteiger partial charge in [0, 0.05) is 17.2 Å². The molecule has 1 saturated carbocycles. The number of benzene rings is 2. The number of carbonyl (C=O) groups excluding carboxylic acids is 4. The zero-order valence-electron chi connectivity index (χ0n) is 18.9. The summed E-state index contributed by atoms with van der Waals surface area (Å²) in [5.74, 6) is -1.89. The average molecular weight is 464 g/mol. The third-order valence-corrected chi connectivity index (χ3v) is 6.61. The minimum absolute atomic E-state index is 0.0716. The molecule has 1 aliphatic heterocycles. The lowest BCUT2D eigenvalue weighted by atomic mass is 9.76. The van der Waals surface area contributed by atoms with Crippen molar-refractivity contribution in [1.82, 2.24) is 0 Å². The maximum Gasteiger partial charge on any atom is 0.338 e. The Kier molecular flexibility index (Phi) is 6.28. The number of hydrogen-bond donors (Lipinski definition) is 0. The lowest BCUT2D eigenvalue weighted by Gasteiger charge is -2.25. The van der Waals surface area contributed by atoms with E-state index in [9.17, 15) is 29.3 Å². The molecule has 3 atom stereocenters. The number of aryl methyl sites for hydroxylation is 1. The van der Waals surface area contributed by atoms with Crippen LogP contribution >= 0.6 is 0 Å². The van der Waals surface area contributed by atoms with Crippen LogP contribution < -0.4 is 4.90 Å². The van der Waals surface area contributed by atoms with Crippen molar-refractivity contribution in [3.63, 3.8) is 0 Å². The van der Waals surface area contributed by atoms with Gasteiger partial charge in [-0.3, -0.25) is 29.4 Å². The van der Waals surface area contributed by atoms with Crippen LogP contribution in [0.15, 0.2) is 42.5 Å². The second kappa shape index (κ2) is 9.17. The third-order valence-electron chi connectivity index (χ3n) is 6.61. The molecular weight excluding hydrogens is 440 g/mol. The number of ether oxygens (including phenoxy) is 1. The number of hydrogen-bond acceptors (Lipinski definition) is 7. The van der Waals surface area contributed by atoms with Crippen molar-refractivity contribution >= 4 is 34.9 Å². The number of imide groups is 1. The lowest BCUT2D eigenvalue weighted by Crippen LogP contribution is -2.30. The first-order chi connectivity index (χ1) is 16.2. The van der Waals surface area contributed by atoms with Crippen molar-refractivity contribution in [3.8, 4) is 0 Å². The van der Waals surface area contributed by atoms with Gasteiger partial charge in [-0.25, -0.2) is 4.79 Å². The van der Waals surface area contributed by atoms with E-state index < -0.39 is 23.3 Å². The Labute approximate surface area is 195 Å². The van der Waals surface area contributed by atoms with E-state index in [2.05, 4.69) is 6.92 Å². The molecule has 2 aliphatic rings. The van der Waals surface area contributed by atoms with E-state index in [1.807, 2.05) is 0 Å². The number of nitro benzene ring substituents is 1. The predicted octanol–water partition coefficient (Wildman–Crippen LogP) is 3.87. The van der Waals surface area contributed by atoms with Gasteiger partial charge in [0.1, 0.15) is 0 Å². The molecule has 1 heterocycles. The molecule has 0 radical (unpaired) electrons. The second-order valence-corrected chi connectivity index (χ2v) is 8.95. The monoisotopic (exact) mass is 464 g/mol. The molecule has 0 bridgehead atoms. The van der Waals surface area contributed by atoms with Crippen LogP contribution in [0, 0.1) is 34.8 Å². The Hall–Kier alpha value is -3.88. The van der Waals surface area contributed by atoms with E-state index in [-0.39, 0.29) is 40.5 Å². The van der Waals surface area contributed by atoms with E-state index >= 15 is 0 Å². The molecule has 34 heavy (non-hydrogen) atoms. The van der Waals surface area contributed by atoms with Crippen molar-refractivity contribution in [1.29, 1.82) is 0 Å². The second-order valence-electron chi connectivity index (χ2n) is 8.95. The summed E-state index contributed by atoms with van der Waals surface area (Å²) in [5, 5.41) is 11.1. The summed E-state index contributed by atoms with van der Waals surface area (Å²) in [6, 6.07) is 9.95. The van der Waals surface area contributed by atoms with Gasteiger partial charge in [-0.05, 0) is 56.4 Å². The van der Waals surface area contributed by atoms with Gasteiger partial charge in [-0.15, -0.1) is 0 Å². The largest absolute Gasteiger partial charge is 0.454 e. The SMILES string of the molecule is Cc1ccc(C(=O)COC(=O)c2ccc(N3C(=O)[C@H]4C[C@@H](C)CC[C@H]4C3=O)cc2)cc1[N+](=O)[O-]. The first-order valence-corrected chi connectivity index (χ1v) is 11.1. The van der Waals surface area contributed by atoms with Crippen LogP contribution in [-0.2, 0) is 14.3 Å². The van der Waals surface area contributed by atoms with Crippen molar-refractivity contribution in [3.05, 3.63) is 69.3 Å². The maximum absolute atomic E-state index is 12.8. The van der Waals surface area contributed by atoms with Gasteiger partial charge in [0.25, 0.3) is 5.69 Å². The van der Waals surface area contributed by atoms with Crippen LogP contribution in [0.3, 0.4) is 0 Å². The summed E-state index contributed by atoms with van der Waals surface area (Å²) < 4.78 is 5.07. The smallest absolute Gasteiger partial charge is 0.338 e. The fraction of sp³-hybridized carbons (Fsp3) is 0.360. The van der Waals surface area contributed by atoms with Gasteiger partial charge in [0.05, 0.1) is 28.0 Å². The van der Waals surface area contributed by atoms with Crippen molar-refractivity contribution in [2.24, 2.45) is 17.8 Å². The Bertz CT molecular complexity index is 1190. The maximum atomic E-state index is 12.8. The summed E-state index contributed by atoms with van der Waals surface area (Å²) in [7, 11) is 0. The number of carbonyl (C=O) groups is 4. The summed E-state index contributed by atoms with van der Waals surface area (Å²) in [6.07, 6.45) is 2.33. The van der Waals surface area contributed by atoms with Gasteiger partial charge in [0.2, 0.25) is 17.6 Å². The summed E-state index contributed by atoms with van der Waals surface area (Å²) in [6.45, 7) is 3.07. The van der Waals surface area contributed by atoms with E-state index in [4.69, 9.17) is 4.74 Å². The predicted molar refractivity (Wildman–Crippen MR) is 121 cm³/mol. The van der Waals surface area contributed by atoms with Gasteiger partial charge in [-0.1, -0.05) is 19.1 Å². The number of esters is 1. The van der Waals surface area contributed by atoms with Gasteiger partial charge < -0.3 is 4.74 Å². The van der Waals surface area contributed by atoms with Crippen LogP contribution in [0.1, 0.15) is 52.5 Å². The molecule has 1 aliphatic carbocycles. The van der Waals surface area contributed by atoms with Crippen LogP contribution in [-0.4, -0.2) is 35.1 Å². The zero-order chi connectivity index (χ0) is 24.6. The zero-order valence-corrected chi connectivity index (χ0v) is 18.9. The summed E-state index contributed by atoms with van der Waals surface area (Å²) >= 11 is 0. The molecule has 1 saturated heterocycles. The number of rotatable bonds is 6. The van der Waals surface area contributed by atoms with E-state index in [1.54, 1.807) is 6.92 Å². The fourth-order valence-electron chi connectivity index (χ4n) is 4.67. The van der Waals surface area contributed by atoms with Gasteiger partial charge in [-0.2, -0.15) is 0 Å². The van der Waals surface area contributed by atoms with E-state index in [1.165, 1.54) is 41.3 Å². The van der Waals surface area contributed by atoms with E-state index in [0.29, 0.717) is 30.0 Å². The Morgan fingerprint density at radius 2 is 1.68 bits per heavy atom. The molecule has 2 aromatic rings. The van der Waals surface area contributed by atoms with Crippen LogP contribution in [0.25, 0.3) is 0 Å². The average Bonchev–Trinajstić information content (AvgIpc) is 3.06. The molecule has 2 amide bonds. The summed E-state index contributed by atoms with van der Waals surface area (Å²) in [4.78, 5) is 62.1. The highest BCUT2D eigenvalue weighted by Crippen LogP contribution is 2.42. The molecule has 4 rings (SSSR count). The molecule has 9 nitrogen and oxygen atoms in total. The van der Waals surface area contributed by atoms with Crippen molar-refractivity contribution < 1.29 is 28.8 Å². The number of nitro groups is 1. The molecule has 0 spiro atoms. The Morgan fingerprint density at radius 3 is 2.35 bits per heavy atom. The Balaban J connectivity index is 1.40. The normalized spacial score (nSPS) is 21.8. The van der Waals surface area contributed by atoms with Crippen LogP contribution in [0.5, 0.6) is 0 Å². The minimum atomic E-state index is -0.761. The number of amides is 2. The van der Waals surface area contributed by atoms with E-state index in [0.717, 1.165) is 12.5 Å². The van der Waals surface area contributed by atoms with Crippen LogP contribution in [0.4, 0.5) is 11.4 Å². The molecule has 0 aromatic heterocycles. The lowest BCUT2D eigenvalue weighted by molar-refractivity contribution is -0.385. The quantitative estimate of drug-likeness (QED) is 0.209. The number of nitrogens with zero attached hydrogens (tertiary/aromatic N) is 2. The highest BCUT2D eigenvalue weighted by atomic mass is 16.6. The van der Waals surface area contributed by atoms with Crippen molar-refractivity contribution in [2.75, 3.05) is 11.5 Å². The first-order valence-electron chi connectivity index (χ1n) is 11.1. The third kappa shape index (κ3) is 4.33.